The van der Waals surface area contributed by atoms with Crippen LogP contribution in [-0.2, 0) is 5.41 Å². The first kappa shape index (κ1) is 31.4. The van der Waals surface area contributed by atoms with Gasteiger partial charge in [0.25, 0.3) is 0 Å². The molecule has 4 heteroatoms. The molecule has 6 aromatic carbocycles. The Labute approximate surface area is 298 Å². The maximum atomic E-state index is 6.93. The van der Waals surface area contributed by atoms with Crippen LogP contribution in [0.25, 0.3) is 83.1 Å². The molecule has 9 aromatic rings. The molecule has 0 spiro atoms. The predicted molar refractivity (Wildman–Crippen MR) is 213 cm³/mol. The van der Waals surface area contributed by atoms with Crippen molar-refractivity contribution in [1.82, 2.24) is 9.55 Å². The zero-order valence-electron chi connectivity index (χ0n) is 30.3. The summed E-state index contributed by atoms with van der Waals surface area (Å²) >= 11 is 0. The summed E-state index contributed by atoms with van der Waals surface area (Å²) in [6, 6.07) is 41.3. The third kappa shape index (κ3) is 4.92. The van der Waals surface area contributed by atoms with Crippen LogP contribution in [0.2, 0.25) is 0 Å². The van der Waals surface area contributed by atoms with E-state index in [-0.39, 0.29) is 17.3 Å². The summed E-state index contributed by atoms with van der Waals surface area (Å²) in [6.07, 6.45) is 0. The van der Waals surface area contributed by atoms with Crippen LogP contribution in [0.3, 0.4) is 0 Å². The number of hydrogen-bond acceptors (Lipinski definition) is 3. The van der Waals surface area contributed by atoms with E-state index in [1.165, 1.54) is 33.5 Å². The summed E-state index contributed by atoms with van der Waals surface area (Å²) in [5.74, 6) is 1.40. The van der Waals surface area contributed by atoms with Crippen molar-refractivity contribution >= 4 is 54.9 Å². The van der Waals surface area contributed by atoms with Crippen molar-refractivity contribution in [3.8, 4) is 28.2 Å². The van der Waals surface area contributed by atoms with E-state index in [9.17, 15) is 0 Å². The van der Waals surface area contributed by atoms with Gasteiger partial charge in [0.1, 0.15) is 17.0 Å². The van der Waals surface area contributed by atoms with Crippen LogP contribution < -0.4 is 0 Å². The number of imidazole rings is 1. The number of fused-ring (bicyclic) bond motifs is 8. The lowest BCUT2D eigenvalue weighted by molar-refractivity contribution is 0.591. The highest BCUT2D eigenvalue weighted by Crippen LogP contribution is 2.45. The second-order valence-corrected chi connectivity index (χ2v) is 15.6. The Kier molecular flexibility index (Phi) is 7.05. The average molecular weight is 667 g/mol. The lowest BCUT2D eigenvalue weighted by atomic mass is 9.86. The molecule has 4 nitrogen and oxygen atoms in total. The summed E-state index contributed by atoms with van der Waals surface area (Å²) in [5.41, 5.74) is 13.7. The fourth-order valence-corrected chi connectivity index (χ4v) is 7.78. The number of benzene rings is 6. The molecular formula is C47H42N2O2. The van der Waals surface area contributed by atoms with Crippen molar-refractivity contribution in [1.29, 1.82) is 0 Å². The summed E-state index contributed by atoms with van der Waals surface area (Å²) in [5, 5.41) is 4.23. The fraction of sp³-hybridized carbons (Fsp3) is 0.213. The minimum atomic E-state index is -0.0287. The van der Waals surface area contributed by atoms with Gasteiger partial charge in [-0.2, -0.15) is 0 Å². The van der Waals surface area contributed by atoms with Crippen LogP contribution in [0.5, 0.6) is 0 Å². The SMILES string of the molecule is CC(C)c1cc(-c2ccccc2)cc(C(C)C)c1-n1c(-c2cccc3c2oc2c3ccc3c4ccccc4oc32)nc2ccc(C(C)(C)C)cc21. The number of rotatable bonds is 5. The minimum absolute atomic E-state index is 0.0287. The van der Waals surface area contributed by atoms with Gasteiger partial charge in [-0.05, 0) is 93.6 Å². The third-order valence-corrected chi connectivity index (χ3v) is 10.5. The Hall–Kier alpha value is -5.61. The van der Waals surface area contributed by atoms with E-state index in [1.807, 2.05) is 12.1 Å². The van der Waals surface area contributed by atoms with Gasteiger partial charge in [0.2, 0.25) is 0 Å². The summed E-state index contributed by atoms with van der Waals surface area (Å²) in [7, 11) is 0. The van der Waals surface area contributed by atoms with Gasteiger partial charge in [-0.15, -0.1) is 0 Å². The van der Waals surface area contributed by atoms with E-state index in [0.29, 0.717) is 0 Å². The van der Waals surface area contributed by atoms with Gasteiger partial charge in [-0.3, -0.25) is 4.57 Å². The largest absolute Gasteiger partial charge is 0.452 e. The van der Waals surface area contributed by atoms with E-state index in [0.717, 1.165) is 66.3 Å². The van der Waals surface area contributed by atoms with E-state index in [2.05, 4.69) is 156 Å². The Balaban J connectivity index is 1.40. The zero-order chi connectivity index (χ0) is 35.2. The molecule has 0 saturated heterocycles. The molecule has 0 N–H and O–H groups in total. The first-order chi connectivity index (χ1) is 24.6. The lowest BCUT2D eigenvalue weighted by Crippen LogP contribution is -2.12. The highest BCUT2D eigenvalue weighted by molar-refractivity contribution is 6.20. The molecule has 0 unspecified atom stereocenters. The molecule has 3 aromatic heterocycles. The molecule has 0 bridgehead atoms. The van der Waals surface area contributed by atoms with Gasteiger partial charge in [-0.25, -0.2) is 4.98 Å². The van der Waals surface area contributed by atoms with Crippen LogP contribution in [0.4, 0.5) is 0 Å². The van der Waals surface area contributed by atoms with Gasteiger partial charge in [0.05, 0.1) is 22.3 Å². The molecule has 0 atom stereocenters. The van der Waals surface area contributed by atoms with Gasteiger partial charge < -0.3 is 8.83 Å². The minimum Gasteiger partial charge on any atom is -0.452 e. The number of aromatic nitrogens is 2. The number of nitrogens with zero attached hydrogens (tertiary/aromatic N) is 2. The normalized spacial score (nSPS) is 12.6. The van der Waals surface area contributed by atoms with Crippen molar-refractivity contribution in [2.45, 2.75) is 65.7 Å². The molecule has 0 radical (unpaired) electrons. The quantitative estimate of drug-likeness (QED) is 0.184. The van der Waals surface area contributed by atoms with Gasteiger partial charge >= 0.3 is 0 Å². The van der Waals surface area contributed by atoms with Gasteiger partial charge in [0, 0.05) is 21.5 Å². The maximum absolute atomic E-state index is 6.93. The number of hydrogen-bond donors (Lipinski definition) is 0. The van der Waals surface area contributed by atoms with Crippen molar-refractivity contribution < 1.29 is 8.83 Å². The summed E-state index contributed by atoms with van der Waals surface area (Å²) in [4.78, 5) is 5.46. The maximum Gasteiger partial charge on any atom is 0.178 e. The van der Waals surface area contributed by atoms with Crippen LogP contribution in [-0.4, -0.2) is 9.55 Å². The topological polar surface area (TPSA) is 44.1 Å². The Bertz CT molecular complexity index is 2750. The average Bonchev–Trinajstić information content (AvgIpc) is 3.82. The van der Waals surface area contributed by atoms with E-state index < -0.39 is 0 Å². The van der Waals surface area contributed by atoms with Crippen molar-refractivity contribution in [3.63, 3.8) is 0 Å². The Morgan fingerprint density at radius 2 is 1.20 bits per heavy atom. The van der Waals surface area contributed by atoms with E-state index >= 15 is 0 Å². The van der Waals surface area contributed by atoms with Crippen LogP contribution in [0.1, 0.15) is 77.0 Å². The Morgan fingerprint density at radius 1 is 0.569 bits per heavy atom. The van der Waals surface area contributed by atoms with E-state index in [1.54, 1.807) is 0 Å². The molecule has 252 valence electrons. The first-order valence-electron chi connectivity index (χ1n) is 18.1. The van der Waals surface area contributed by atoms with Crippen molar-refractivity contribution in [2.24, 2.45) is 0 Å². The predicted octanol–water partition coefficient (Wildman–Crippen LogP) is 13.7. The smallest absolute Gasteiger partial charge is 0.178 e. The molecule has 0 saturated carbocycles. The number of para-hydroxylation sites is 2. The van der Waals surface area contributed by atoms with Crippen LogP contribution in [0, 0.1) is 0 Å². The molecule has 0 aliphatic rings. The number of furan rings is 2. The Morgan fingerprint density at radius 3 is 1.90 bits per heavy atom. The highest BCUT2D eigenvalue weighted by atomic mass is 16.4. The molecule has 0 amide bonds. The fourth-order valence-electron chi connectivity index (χ4n) is 7.78. The molecule has 9 rings (SSSR count). The zero-order valence-corrected chi connectivity index (χ0v) is 30.3. The second-order valence-electron chi connectivity index (χ2n) is 15.6. The molecule has 0 aliphatic heterocycles. The van der Waals surface area contributed by atoms with Crippen LogP contribution >= 0.6 is 0 Å². The molecule has 0 fully saturated rings. The van der Waals surface area contributed by atoms with Crippen molar-refractivity contribution in [2.75, 3.05) is 0 Å². The lowest BCUT2D eigenvalue weighted by Gasteiger charge is -2.25. The second kappa shape index (κ2) is 11.5. The molecule has 51 heavy (non-hydrogen) atoms. The van der Waals surface area contributed by atoms with E-state index in [4.69, 9.17) is 13.8 Å². The van der Waals surface area contributed by atoms with Crippen LogP contribution in [0.15, 0.2) is 124 Å². The first-order valence-corrected chi connectivity index (χ1v) is 18.1. The standard InChI is InChI=1S/C47H42N2O2/c1-27(2)37-24-30(29-14-9-8-10-15-29)25-38(28(3)4)42(37)49-40-26-31(47(5,6)7)20-23-39(40)48-46(49)36-18-13-17-33-35-22-21-34-32-16-11-12-19-41(32)50-44(34)45(35)51-43(33)36/h8-28H,1-7H3. The highest BCUT2D eigenvalue weighted by Gasteiger charge is 2.27. The van der Waals surface area contributed by atoms with Gasteiger partial charge in [-0.1, -0.05) is 115 Å². The van der Waals surface area contributed by atoms with Gasteiger partial charge in [0.15, 0.2) is 11.2 Å². The monoisotopic (exact) mass is 666 g/mol. The molecular weight excluding hydrogens is 625 g/mol. The van der Waals surface area contributed by atoms with Crippen molar-refractivity contribution in [3.05, 3.63) is 132 Å². The summed E-state index contributed by atoms with van der Waals surface area (Å²) < 4.78 is 15.8. The molecule has 3 heterocycles. The third-order valence-electron chi connectivity index (χ3n) is 10.5. The summed E-state index contributed by atoms with van der Waals surface area (Å²) in [6.45, 7) is 16.0. The molecule has 0 aliphatic carbocycles.